The van der Waals surface area contributed by atoms with Crippen molar-refractivity contribution in [3.63, 3.8) is 0 Å². The maximum atomic E-state index is 14.8. The maximum absolute atomic E-state index is 14.8. The number of rotatable bonds is 13. The number of aromatic nitrogens is 3. The fourth-order valence-corrected chi connectivity index (χ4v) is 9.68. The summed E-state index contributed by atoms with van der Waals surface area (Å²) in [5, 5.41) is 19.0. The summed E-state index contributed by atoms with van der Waals surface area (Å²) in [5.74, 6) is -2.06. The molecule has 0 radical (unpaired) electrons. The van der Waals surface area contributed by atoms with E-state index in [0.29, 0.717) is 24.8 Å². The van der Waals surface area contributed by atoms with E-state index >= 15 is 0 Å². The number of carbonyl (C=O) groups excluding carboxylic acids is 3. The highest BCUT2D eigenvalue weighted by Crippen LogP contribution is 2.69. The van der Waals surface area contributed by atoms with Crippen molar-refractivity contribution < 1.29 is 24.2 Å². The van der Waals surface area contributed by atoms with Gasteiger partial charge in [0.25, 0.3) is 0 Å². The van der Waals surface area contributed by atoms with E-state index in [9.17, 15) is 19.5 Å². The van der Waals surface area contributed by atoms with Gasteiger partial charge < -0.3 is 19.6 Å². The summed E-state index contributed by atoms with van der Waals surface area (Å²) in [4.78, 5) is 46.0. The van der Waals surface area contributed by atoms with Crippen LogP contribution in [0.15, 0.2) is 49.6 Å². The normalized spacial score (nSPS) is 28.7. The first-order valence-corrected chi connectivity index (χ1v) is 15.6. The molecule has 1 aromatic carbocycles. The third kappa shape index (κ3) is 4.94. The molecule has 3 unspecified atom stereocenters. The van der Waals surface area contributed by atoms with Crippen molar-refractivity contribution in [2.45, 2.75) is 68.8 Å². The first-order valence-electron chi connectivity index (χ1n) is 14.8. The number of fused-ring (bicyclic) bond motifs is 2. The van der Waals surface area contributed by atoms with Gasteiger partial charge in [0.1, 0.15) is 18.2 Å². The van der Waals surface area contributed by atoms with E-state index in [4.69, 9.17) is 4.74 Å². The molecule has 0 saturated carbocycles. The minimum Gasteiger partial charge on any atom is -0.465 e. The van der Waals surface area contributed by atoms with Crippen LogP contribution in [0.4, 0.5) is 0 Å². The molecule has 3 fully saturated rings. The number of likely N-dealkylation sites (tertiary alicyclic amines) is 1. The fraction of sp³-hybridized carbons (Fsp3) is 0.581. The van der Waals surface area contributed by atoms with Crippen LogP contribution in [-0.4, -0.2) is 89.5 Å². The number of nitrogens with zero attached hydrogens (tertiary/aromatic N) is 5. The highest BCUT2D eigenvalue weighted by Gasteiger charge is 2.77. The molecule has 2 aromatic rings. The standard InChI is InChI=1S/C31H41N5O5S/c1-6-8-14-41-30(40)25-24-16-20(5)31(42-24)26(25)28(38)36(21(17-37)15-19(3)4)27(31)29(39)34(13-7-2)18-35-23-12-10-9-11-22(23)32-33-35/h6-7,9-12,19-21,24-27,37H,1-2,8,13-18H2,3-5H3/t20?,21-,24-,25+,26+,27?,31?/m1/s1. The molecule has 1 spiro atoms. The zero-order valence-corrected chi connectivity index (χ0v) is 25.4. The lowest BCUT2D eigenvalue weighted by Crippen LogP contribution is -2.59. The van der Waals surface area contributed by atoms with Crippen molar-refractivity contribution in [1.82, 2.24) is 24.8 Å². The lowest BCUT2D eigenvalue weighted by molar-refractivity contribution is -0.155. The Labute approximate surface area is 251 Å². The largest absolute Gasteiger partial charge is 0.465 e. The average Bonchev–Trinajstić information content (AvgIpc) is 3.68. The Morgan fingerprint density at radius 3 is 2.74 bits per heavy atom. The molecule has 0 aliphatic carbocycles. The van der Waals surface area contributed by atoms with Gasteiger partial charge >= 0.3 is 5.97 Å². The van der Waals surface area contributed by atoms with Gasteiger partial charge in [0.2, 0.25) is 11.8 Å². The highest BCUT2D eigenvalue weighted by atomic mass is 32.2. The van der Waals surface area contributed by atoms with E-state index < -0.39 is 34.6 Å². The molecule has 3 saturated heterocycles. The molecular formula is C31H41N5O5S. The Morgan fingerprint density at radius 2 is 2.05 bits per heavy atom. The van der Waals surface area contributed by atoms with Crippen molar-refractivity contribution >= 4 is 40.6 Å². The topological polar surface area (TPSA) is 118 Å². The third-order valence-electron chi connectivity index (χ3n) is 8.99. The summed E-state index contributed by atoms with van der Waals surface area (Å²) in [6, 6.07) is 6.11. The molecule has 2 bridgehead atoms. The SMILES string of the molecule is C=CCCOC(=O)[C@@H]1[C@H]2C(=O)N([C@@H](CO)CC(C)C)C(C(=O)N(CC=C)Cn3nnc4ccccc43)C23S[C@@H]1CC3C. The van der Waals surface area contributed by atoms with Gasteiger partial charge in [-0.25, -0.2) is 4.68 Å². The maximum Gasteiger partial charge on any atom is 0.310 e. The van der Waals surface area contributed by atoms with E-state index in [1.54, 1.807) is 38.4 Å². The van der Waals surface area contributed by atoms with Crippen LogP contribution in [-0.2, 0) is 25.8 Å². The number of para-hydroxylation sites is 1. The summed E-state index contributed by atoms with van der Waals surface area (Å²) in [7, 11) is 0. The first kappa shape index (κ1) is 30.3. The second-order valence-corrected chi connectivity index (χ2v) is 13.6. The number of hydrogen-bond donors (Lipinski definition) is 1. The zero-order chi connectivity index (χ0) is 30.2. The lowest BCUT2D eigenvalue weighted by Gasteiger charge is -2.42. The molecule has 5 rings (SSSR count). The molecule has 1 N–H and O–H groups in total. The Kier molecular flexibility index (Phi) is 8.80. The predicted octanol–water partition coefficient (Wildman–Crippen LogP) is 3.27. The highest BCUT2D eigenvalue weighted by molar-refractivity contribution is 8.02. The van der Waals surface area contributed by atoms with Crippen LogP contribution >= 0.6 is 11.8 Å². The van der Waals surface area contributed by atoms with Crippen LogP contribution in [0.5, 0.6) is 0 Å². The van der Waals surface area contributed by atoms with Crippen molar-refractivity contribution in [2.75, 3.05) is 19.8 Å². The minimum atomic E-state index is -0.864. The minimum absolute atomic E-state index is 0.00574. The van der Waals surface area contributed by atoms with Gasteiger partial charge in [-0.2, -0.15) is 0 Å². The molecule has 7 atom stereocenters. The number of carbonyl (C=O) groups is 3. The fourth-order valence-electron chi connectivity index (χ4n) is 7.29. The van der Waals surface area contributed by atoms with Gasteiger partial charge in [0.05, 0.1) is 41.4 Å². The summed E-state index contributed by atoms with van der Waals surface area (Å²) in [6.45, 7) is 14.0. The summed E-state index contributed by atoms with van der Waals surface area (Å²) >= 11 is 1.60. The average molecular weight is 596 g/mol. The number of aliphatic hydroxyl groups is 1. The molecule has 3 aliphatic heterocycles. The van der Waals surface area contributed by atoms with Crippen molar-refractivity contribution in [1.29, 1.82) is 0 Å². The van der Waals surface area contributed by atoms with Gasteiger partial charge in [0, 0.05) is 11.8 Å². The number of hydrogen-bond acceptors (Lipinski definition) is 8. The summed E-state index contributed by atoms with van der Waals surface area (Å²) < 4.78 is 6.47. The molecule has 2 amide bonds. The summed E-state index contributed by atoms with van der Waals surface area (Å²) in [5.41, 5.74) is 1.50. The third-order valence-corrected chi connectivity index (χ3v) is 11.1. The van der Waals surface area contributed by atoms with Crippen LogP contribution in [0.1, 0.15) is 40.0 Å². The van der Waals surface area contributed by atoms with E-state index in [1.165, 1.54) is 0 Å². The number of esters is 1. The Balaban J connectivity index is 1.56. The van der Waals surface area contributed by atoms with Crippen LogP contribution in [0.2, 0.25) is 0 Å². The van der Waals surface area contributed by atoms with Crippen LogP contribution in [0.25, 0.3) is 11.0 Å². The van der Waals surface area contributed by atoms with Crippen LogP contribution < -0.4 is 0 Å². The van der Waals surface area contributed by atoms with E-state index in [2.05, 4.69) is 30.4 Å². The molecule has 3 aliphatic rings. The molecular weight excluding hydrogens is 554 g/mol. The van der Waals surface area contributed by atoms with Crippen LogP contribution in [0.3, 0.4) is 0 Å². The van der Waals surface area contributed by atoms with E-state index in [1.807, 2.05) is 38.1 Å². The summed E-state index contributed by atoms with van der Waals surface area (Å²) in [6.07, 6.45) is 5.11. The van der Waals surface area contributed by atoms with Gasteiger partial charge in [-0.3, -0.25) is 14.4 Å². The van der Waals surface area contributed by atoms with Gasteiger partial charge in [-0.05, 0) is 43.2 Å². The van der Waals surface area contributed by atoms with E-state index in [0.717, 1.165) is 5.52 Å². The second kappa shape index (κ2) is 12.2. The van der Waals surface area contributed by atoms with Crippen molar-refractivity contribution in [3.8, 4) is 0 Å². The van der Waals surface area contributed by atoms with Crippen molar-refractivity contribution in [3.05, 3.63) is 49.6 Å². The smallest absolute Gasteiger partial charge is 0.310 e. The van der Waals surface area contributed by atoms with Gasteiger partial charge in [0.15, 0.2) is 0 Å². The molecule has 4 heterocycles. The molecule has 226 valence electrons. The zero-order valence-electron chi connectivity index (χ0n) is 24.6. The molecule has 42 heavy (non-hydrogen) atoms. The first-order chi connectivity index (χ1) is 20.2. The molecule has 1 aromatic heterocycles. The Hall–Kier alpha value is -3.18. The molecule has 11 heteroatoms. The molecule has 10 nitrogen and oxygen atoms in total. The number of benzene rings is 1. The number of amides is 2. The quantitative estimate of drug-likeness (QED) is 0.213. The Bertz CT molecular complexity index is 1360. The van der Waals surface area contributed by atoms with Crippen LogP contribution in [0, 0.1) is 23.7 Å². The number of ether oxygens (including phenoxy) is 1. The monoisotopic (exact) mass is 595 g/mol. The lowest BCUT2D eigenvalue weighted by atomic mass is 9.66. The number of thioether (sulfide) groups is 1. The van der Waals surface area contributed by atoms with Gasteiger partial charge in [-0.15, -0.1) is 30.0 Å². The second-order valence-electron chi connectivity index (χ2n) is 12.1. The predicted molar refractivity (Wildman–Crippen MR) is 161 cm³/mol. The Morgan fingerprint density at radius 1 is 1.29 bits per heavy atom. The number of aliphatic hydroxyl groups excluding tert-OH is 1. The van der Waals surface area contributed by atoms with Crippen molar-refractivity contribution in [2.24, 2.45) is 23.7 Å². The van der Waals surface area contributed by atoms with E-state index in [-0.39, 0.29) is 55.3 Å². The van der Waals surface area contributed by atoms with Gasteiger partial charge in [-0.1, -0.05) is 50.3 Å².